The molecule has 1 atom stereocenters. The summed E-state index contributed by atoms with van der Waals surface area (Å²) in [5, 5.41) is 4.17. The van der Waals surface area contributed by atoms with Crippen molar-refractivity contribution in [2.24, 2.45) is 0 Å². The second-order valence-corrected chi connectivity index (χ2v) is 6.57. The molecule has 1 aromatic heterocycles. The lowest BCUT2D eigenvalue weighted by Crippen LogP contribution is -2.44. The highest BCUT2D eigenvalue weighted by atomic mass is 16.6. The van der Waals surface area contributed by atoms with E-state index in [1.807, 2.05) is 32.0 Å². The van der Waals surface area contributed by atoms with Crippen LogP contribution in [0.3, 0.4) is 0 Å². The van der Waals surface area contributed by atoms with Crippen LogP contribution >= 0.6 is 0 Å². The number of rotatable bonds is 6. The molecule has 1 saturated heterocycles. The van der Waals surface area contributed by atoms with E-state index in [4.69, 9.17) is 9.47 Å². The Morgan fingerprint density at radius 3 is 2.88 bits per heavy atom. The van der Waals surface area contributed by atoms with E-state index in [9.17, 15) is 4.79 Å². The summed E-state index contributed by atoms with van der Waals surface area (Å²) >= 11 is 0. The van der Waals surface area contributed by atoms with Crippen molar-refractivity contribution in [1.29, 1.82) is 0 Å². The van der Waals surface area contributed by atoms with Crippen LogP contribution in [0.1, 0.15) is 35.9 Å². The van der Waals surface area contributed by atoms with Gasteiger partial charge in [-0.1, -0.05) is 30.3 Å². The van der Waals surface area contributed by atoms with Crippen LogP contribution in [-0.2, 0) is 16.0 Å². The van der Waals surface area contributed by atoms with Crippen molar-refractivity contribution in [1.82, 2.24) is 14.7 Å². The number of carbonyl (C=O) groups is 1. The van der Waals surface area contributed by atoms with Crippen molar-refractivity contribution in [2.45, 2.75) is 32.5 Å². The van der Waals surface area contributed by atoms with Gasteiger partial charge in [-0.25, -0.2) is 4.79 Å². The number of nitrogens with zero attached hydrogens (tertiary/aromatic N) is 3. The van der Waals surface area contributed by atoms with Crippen molar-refractivity contribution in [3.63, 3.8) is 0 Å². The average molecular weight is 343 g/mol. The Bertz CT molecular complexity index is 684. The maximum atomic E-state index is 12.3. The van der Waals surface area contributed by atoms with E-state index in [1.165, 1.54) is 5.56 Å². The van der Waals surface area contributed by atoms with Gasteiger partial charge in [0.15, 0.2) is 0 Å². The first-order valence-electron chi connectivity index (χ1n) is 8.72. The van der Waals surface area contributed by atoms with Gasteiger partial charge in [0.25, 0.3) is 0 Å². The second kappa shape index (κ2) is 8.27. The van der Waals surface area contributed by atoms with Crippen molar-refractivity contribution in [2.75, 3.05) is 26.3 Å². The number of morpholine rings is 1. The van der Waals surface area contributed by atoms with Gasteiger partial charge in [-0.2, -0.15) is 5.10 Å². The van der Waals surface area contributed by atoms with Crippen LogP contribution in [-0.4, -0.2) is 53.1 Å². The highest BCUT2D eigenvalue weighted by molar-refractivity contribution is 5.87. The summed E-state index contributed by atoms with van der Waals surface area (Å²) in [7, 11) is 0. The molecule has 134 valence electrons. The van der Waals surface area contributed by atoms with Crippen LogP contribution in [0.4, 0.5) is 0 Å². The van der Waals surface area contributed by atoms with Crippen LogP contribution < -0.4 is 0 Å². The van der Waals surface area contributed by atoms with E-state index < -0.39 is 0 Å². The monoisotopic (exact) mass is 343 g/mol. The third kappa shape index (κ3) is 4.67. The zero-order chi connectivity index (χ0) is 17.6. The molecule has 2 aromatic rings. The molecular weight excluding hydrogens is 318 g/mol. The molecule has 1 aliphatic heterocycles. The molecular formula is C19H25N3O3. The number of hydrogen-bond donors (Lipinski definition) is 0. The smallest absolute Gasteiger partial charge is 0.356 e. The van der Waals surface area contributed by atoms with Gasteiger partial charge in [-0.15, -0.1) is 0 Å². The van der Waals surface area contributed by atoms with Gasteiger partial charge in [0.2, 0.25) is 0 Å². The Labute approximate surface area is 148 Å². The Morgan fingerprint density at radius 1 is 1.32 bits per heavy atom. The molecule has 0 spiro atoms. The van der Waals surface area contributed by atoms with E-state index in [2.05, 4.69) is 22.1 Å². The first-order chi connectivity index (χ1) is 12.1. The number of ether oxygens (including phenoxy) is 2. The standard InChI is InChI=1S/C19H25N3O3/c1-15(2)22-18(8-9-20-22)19(23)25-14-17-13-21(10-11-24-17)12-16-6-4-3-5-7-16/h3-9,15,17H,10-14H2,1-2H3/t17-/m0/s1. The summed E-state index contributed by atoms with van der Waals surface area (Å²) in [6.45, 7) is 7.40. The van der Waals surface area contributed by atoms with Crippen molar-refractivity contribution < 1.29 is 14.3 Å². The topological polar surface area (TPSA) is 56.6 Å². The maximum Gasteiger partial charge on any atom is 0.356 e. The molecule has 0 N–H and O–H groups in total. The summed E-state index contributed by atoms with van der Waals surface area (Å²) in [6.07, 6.45) is 1.52. The van der Waals surface area contributed by atoms with E-state index in [1.54, 1.807) is 16.9 Å². The Balaban J connectivity index is 1.51. The molecule has 25 heavy (non-hydrogen) atoms. The molecule has 0 aliphatic carbocycles. The van der Waals surface area contributed by atoms with Crippen molar-refractivity contribution >= 4 is 5.97 Å². The van der Waals surface area contributed by atoms with Gasteiger partial charge < -0.3 is 9.47 Å². The predicted octanol–water partition coefficient (Wildman–Crippen LogP) is 2.52. The lowest BCUT2D eigenvalue weighted by molar-refractivity contribution is -0.0615. The zero-order valence-corrected chi connectivity index (χ0v) is 14.8. The number of carbonyl (C=O) groups excluding carboxylic acids is 1. The van der Waals surface area contributed by atoms with Crippen LogP contribution in [0.25, 0.3) is 0 Å². The normalized spacial score (nSPS) is 18.4. The third-order valence-corrected chi connectivity index (χ3v) is 4.24. The number of esters is 1. The zero-order valence-electron chi connectivity index (χ0n) is 14.8. The maximum absolute atomic E-state index is 12.3. The molecule has 0 unspecified atom stereocenters. The molecule has 6 nitrogen and oxygen atoms in total. The van der Waals surface area contributed by atoms with Gasteiger partial charge in [0.1, 0.15) is 18.4 Å². The third-order valence-electron chi connectivity index (χ3n) is 4.24. The SMILES string of the molecule is CC(C)n1nccc1C(=O)OC[C@@H]1CN(Cc2ccccc2)CCO1. The summed E-state index contributed by atoms with van der Waals surface area (Å²) < 4.78 is 12.9. The van der Waals surface area contributed by atoms with E-state index in [0.29, 0.717) is 12.3 Å². The molecule has 3 rings (SSSR count). The van der Waals surface area contributed by atoms with Crippen LogP contribution in [0.2, 0.25) is 0 Å². The highest BCUT2D eigenvalue weighted by Crippen LogP contribution is 2.13. The Kier molecular flexibility index (Phi) is 5.83. The fourth-order valence-corrected chi connectivity index (χ4v) is 3.00. The summed E-state index contributed by atoms with van der Waals surface area (Å²) in [6, 6.07) is 12.2. The minimum atomic E-state index is -0.352. The van der Waals surface area contributed by atoms with Gasteiger partial charge in [-0.3, -0.25) is 9.58 Å². The van der Waals surface area contributed by atoms with E-state index >= 15 is 0 Å². The number of aromatic nitrogens is 2. The molecule has 1 aromatic carbocycles. The van der Waals surface area contributed by atoms with E-state index in [0.717, 1.165) is 19.6 Å². The minimum absolute atomic E-state index is 0.100. The summed E-state index contributed by atoms with van der Waals surface area (Å²) in [5.74, 6) is -0.352. The molecule has 0 amide bonds. The molecule has 2 heterocycles. The number of benzene rings is 1. The predicted molar refractivity (Wildman–Crippen MR) is 94.4 cm³/mol. The minimum Gasteiger partial charge on any atom is -0.458 e. The van der Waals surface area contributed by atoms with Crippen molar-refractivity contribution in [3.8, 4) is 0 Å². The average Bonchev–Trinajstić information content (AvgIpc) is 3.11. The van der Waals surface area contributed by atoms with Crippen molar-refractivity contribution in [3.05, 3.63) is 53.9 Å². The quantitative estimate of drug-likeness (QED) is 0.755. The van der Waals surface area contributed by atoms with Gasteiger partial charge in [-0.05, 0) is 25.5 Å². The molecule has 0 saturated carbocycles. The molecule has 6 heteroatoms. The molecule has 1 fully saturated rings. The summed E-state index contributed by atoms with van der Waals surface area (Å²) in [4.78, 5) is 14.6. The van der Waals surface area contributed by atoms with Crippen LogP contribution in [0.5, 0.6) is 0 Å². The van der Waals surface area contributed by atoms with E-state index in [-0.39, 0.29) is 24.7 Å². The van der Waals surface area contributed by atoms with Gasteiger partial charge >= 0.3 is 5.97 Å². The lowest BCUT2D eigenvalue weighted by atomic mass is 10.2. The number of hydrogen-bond acceptors (Lipinski definition) is 5. The van der Waals surface area contributed by atoms with Crippen LogP contribution in [0.15, 0.2) is 42.6 Å². The fraction of sp³-hybridized carbons (Fsp3) is 0.474. The first kappa shape index (κ1) is 17.6. The molecule has 0 radical (unpaired) electrons. The molecule has 0 bridgehead atoms. The summed E-state index contributed by atoms with van der Waals surface area (Å²) in [5.41, 5.74) is 1.76. The first-order valence-corrected chi connectivity index (χ1v) is 8.72. The fourth-order valence-electron chi connectivity index (χ4n) is 3.00. The molecule has 1 aliphatic rings. The Morgan fingerprint density at radius 2 is 2.12 bits per heavy atom. The Hall–Kier alpha value is -2.18. The van der Waals surface area contributed by atoms with Gasteiger partial charge in [0.05, 0.1) is 6.61 Å². The van der Waals surface area contributed by atoms with Gasteiger partial charge in [0, 0.05) is 31.9 Å². The largest absolute Gasteiger partial charge is 0.458 e. The lowest BCUT2D eigenvalue weighted by Gasteiger charge is -2.32. The van der Waals surface area contributed by atoms with Crippen LogP contribution in [0, 0.1) is 0 Å². The highest BCUT2D eigenvalue weighted by Gasteiger charge is 2.23. The second-order valence-electron chi connectivity index (χ2n) is 6.57.